The Balaban J connectivity index is 2.31. The van der Waals surface area contributed by atoms with Gasteiger partial charge in [0, 0.05) is 6.42 Å². The molecule has 0 heterocycles. The summed E-state index contributed by atoms with van der Waals surface area (Å²) in [5.74, 6) is 0. The summed E-state index contributed by atoms with van der Waals surface area (Å²) in [5.41, 5.74) is -1.79. The van der Waals surface area contributed by atoms with Crippen LogP contribution in [0.3, 0.4) is 0 Å². The summed E-state index contributed by atoms with van der Waals surface area (Å²) in [6.45, 7) is 4.15. The monoisotopic (exact) mass is 683 g/mol. The molecule has 1 aromatic carbocycles. The van der Waals surface area contributed by atoms with Crippen LogP contribution in [0, 0.1) is 0 Å². The molecule has 0 aromatic heterocycles. The fourth-order valence-electron chi connectivity index (χ4n) is 7.21. The summed E-state index contributed by atoms with van der Waals surface area (Å²) in [6, 6.07) is 10.0. The molecule has 284 valence electrons. The largest absolute Gasteiger partial charge is 0.393 e. The maximum absolute atomic E-state index is 12.0. The normalized spacial score (nSPS) is 14.6. The second kappa shape index (κ2) is 32.5. The number of allylic oxidation sites excluding steroid dienone is 4. The van der Waals surface area contributed by atoms with Crippen molar-refractivity contribution >= 4 is 0 Å². The third-order valence-corrected chi connectivity index (χ3v) is 10.7. The predicted octanol–water partition coefficient (Wildman–Crippen LogP) is 13.5. The molecule has 3 N–H and O–H groups in total. The predicted molar refractivity (Wildman–Crippen MR) is 215 cm³/mol. The van der Waals surface area contributed by atoms with Crippen LogP contribution in [0.1, 0.15) is 212 Å². The zero-order chi connectivity index (χ0) is 35.6. The van der Waals surface area contributed by atoms with Crippen LogP contribution in [-0.2, 0) is 6.42 Å². The van der Waals surface area contributed by atoms with E-state index in [0.29, 0.717) is 19.3 Å². The Bertz CT molecular complexity index is 880. The van der Waals surface area contributed by atoms with Crippen LogP contribution in [0.15, 0.2) is 54.6 Å². The first-order valence-electron chi connectivity index (χ1n) is 21.4. The van der Waals surface area contributed by atoms with Gasteiger partial charge >= 0.3 is 0 Å². The number of unbranched alkanes of at least 4 members (excludes halogenated alkanes) is 24. The average molecular weight is 683 g/mol. The van der Waals surface area contributed by atoms with Gasteiger partial charge < -0.3 is 15.3 Å². The molecule has 49 heavy (non-hydrogen) atoms. The highest BCUT2D eigenvalue weighted by Gasteiger charge is 2.47. The number of aliphatic hydroxyl groups excluding tert-OH is 1. The molecule has 1 aromatic rings. The van der Waals surface area contributed by atoms with Crippen LogP contribution in [0.5, 0.6) is 0 Å². The molecule has 0 radical (unpaired) electrons. The number of hydrogen-bond acceptors (Lipinski definition) is 3. The topological polar surface area (TPSA) is 60.7 Å². The summed E-state index contributed by atoms with van der Waals surface area (Å²) < 4.78 is 0. The second-order valence-electron chi connectivity index (χ2n) is 15.3. The molecule has 2 unspecified atom stereocenters. The molecule has 2 atom stereocenters. The second-order valence-corrected chi connectivity index (χ2v) is 15.3. The van der Waals surface area contributed by atoms with Gasteiger partial charge in [0.25, 0.3) is 0 Å². The van der Waals surface area contributed by atoms with E-state index in [9.17, 15) is 15.3 Å². The molecule has 0 aliphatic carbocycles. The van der Waals surface area contributed by atoms with E-state index in [1.165, 1.54) is 141 Å². The summed E-state index contributed by atoms with van der Waals surface area (Å²) in [6.07, 6.45) is 45.6. The summed E-state index contributed by atoms with van der Waals surface area (Å²) >= 11 is 0. The van der Waals surface area contributed by atoms with Crippen molar-refractivity contribution in [2.75, 3.05) is 6.61 Å². The van der Waals surface area contributed by atoms with E-state index in [2.05, 4.69) is 38.2 Å². The Morgan fingerprint density at radius 3 is 1.12 bits per heavy atom. The van der Waals surface area contributed by atoms with Crippen LogP contribution in [0.4, 0.5) is 0 Å². The first kappa shape index (κ1) is 45.6. The van der Waals surface area contributed by atoms with Crippen molar-refractivity contribution in [2.24, 2.45) is 0 Å². The Hall–Kier alpha value is -1.42. The number of aliphatic hydroxyl groups is 3. The van der Waals surface area contributed by atoms with Crippen LogP contribution >= 0.6 is 0 Å². The third-order valence-electron chi connectivity index (χ3n) is 10.7. The molecule has 0 fully saturated rings. The minimum atomic E-state index is -1.48. The van der Waals surface area contributed by atoms with Gasteiger partial charge in [-0.05, 0) is 69.8 Å². The molecule has 0 spiro atoms. The Morgan fingerprint density at radius 2 is 0.755 bits per heavy atom. The Morgan fingerprint density at radius 1 is 0.429 bits per heavy atom. The maximum atomic E-state index is 12.0. The van der Waals surface area contributed by atoms with Crippen LogP contribution in [0.25, 0.3) is 0 Å². The van der Waals surface area contributed by atoms with Gasteiger partial charge in [-0.15, -0.1) is 0 Å². The zero-order valence-electron chi connectivity index (χ0n) is 32.7. The highest BCUT2D eigenvalue weighted by Crippen LogP contribution is 2.36. The van der Waals surface area contributed by atoms with E-state index < -0.39 is 17.8 Å². The average Bonchev–Trinajstić information content (AvgIpc) is 3.11. The van der Waals surface area contributed by atoms with Crippen LogP contribution in [-0.4, -0.2) is 33.1 Å². The maximum Gasteiger partial charge on any atom is 0.116 e. The van der Waals surface area contributed by atoms with Crippen molar-refractivity contribution in [1.29, 1.82) is 0 Å². The van der Waals surface area contributed by atoms with Crippen molar-refractivity contribution in [2.45, 2.75) is 224 Å². The van der Waals surface area contributed by atoms with E-state index in [0.717, 1.165) is 44.1 Å². The van der Waals surface area contributed by atoms with Crippen molar-refractivity contribution in [3.05, 3.63) is 60.2 Å². The molecule has 3 nitrogen and oxygen atoms in total. The summed E-state index contributed by atoms with van der Waals surface area (Å²) in [7, 11) is 0. The number of rotatable bonds is 36. The zero-order valence-corrected chi connectivity index (χ0v) is 32.7. The molecule has 3 heteroatoms. The van der Waals surface area contributed by atoms with Crippen LogP contribution in [0.2, 0.25) is 0 Å². The van der Waals surface area contributed by atoms with E-state index in [1.54, 1.807) is 0 Å². The lowest BCUT2D eigenvalue weighted by atomic mass is 9.73. The lowest BCUT2D eigenvalue weighted by Gasteiger charge is -2.43. The third kappa shape index (κ3) is 24.4. The molecule has 0 amide bonds. The van der Waals surface area contributed by atoms with Crippen molar-refractivity contribution in [1.82, 2.24) is 0 Å². The molecule has 0 saturated heterocycles. The van der Waals surface area contributed by atoms with Gasteiger partial charge in [-0.2, -0.15) is 0 Å². The van der Waals surface area contributed by atoms with Gasteiger partial charge in [-0.3, -0.25) is 0 Å². The van der Waals surface area contributed by atoms with Gasteiger partial charge in [-0.1, -0.05) is 197 Å². The van der Waals surface area contributed by atoms with Crippen molar-refractivity contribution in [3.8, 4) is 0 Å². The van der Waals surface area contributed by atoms with Gasteiger partial charge in [0.1, 0.15) is 5.60 Å². The van der Waals surface area contributed by atoms with Gasteiger partial charge in [0.15, 0.2) is 0 Å². The molecule has 0 bridgehead atoms. The molecular weight excluding hydrogens is 601 g/mol. The van der Waals surface area contributed by atoms with E-state index in [4.69, 9.17) is 0 Å². The van der Waals surface area contributed by atoms with Crippen molar-refractivity contribution in [3.63, 3.8) is 0 Å². The quantitative estimate of drug-likeness (QED) is 0.0488. The minimum Gasteiger partial charge on any atom is -0.393 e. The number of hydrogen-bond donors (Lipinski definition) is 3. The Kier molecular flexibility index (Phi) is 30.2. The van der Waals surface area contributed by atoms with Gasteiger partial charge in [0.05, 0.1) is 12.2 Å². The minimum absolute atomic E-state index is 0.377. The summed E-state index contributed by atoms with van der Waals surface area (Å²) in [4.78, 5) is 0. The number of benzene rings is 1. The molecule has 0 aliphatic heterocycles. The fourth-order valence-corrected chi connectivity index (χ4v) is 7.21. The molecular formula is C46H82O3. The first-order chi connectivity index (χ1) is 24.0. The van der Waals surface area contributed by atoms with Crippen LogP contribution < -0.4 is 0 Å². The van der Waals surface area contributed by atoms with Gasteiger partial charge in [0.2, 0.25) is 0 Å². The smallest absolute Gasteiger partial charge is 0.116 e. The molecule has 0 aliphatic rings. The first-order valence-corrected chi connectivity index (χ1v) is 21.4. The fraction of sp³-hybridized carbons (Fsp3) is 0.783. The molecule has 1 rings (SSSR count). The van der Waals surface area contributed by atoms with E-state index >= 15 is 0 Å². The Labute approximate surface area is 305 Å². The molecule has 0 saturated carbocycles. The van der Waals surface area contributed by atoms with E-state index in [1.807, 2.05) is 30.3 Å². The lowest BCUT2D eigenvalue weighted by molar-refractivity contribution is -0.180. The highest BCUT2D eigenvalue weighted by molar-refractivity contribution is 5.19. The SMILES string of the molecule is CCCCCCCCC=CCCCCCCCCC(O)(CO)C(O)(CCCCCCCCC=CCCCCCCCC)Cc1ccccc1. The standard InChI is InChI=1S/C46H82O3/c1-3-5-7-9-11-13-15-17-19-21-23-25-27-29-31-36-40-45(48,42-44-38-34-33-35-39-44)46(49,43-47)41-37-32-30-28-26-24-22-20-18-16-14-12-10-8-6-4-2/h17-20,33-35,38-39,47-49H,3-16,21-32,36-37,40-43H2,1-2H3. The summed E-state index contributed by atoms with van der Waals surface area (Å²) in [5, 5.41) is 34.2. The van der Waals surface area contributed by atoms with Crippen molar-refractivity contribution < 1.29 is 15.3 Å². The lowest BCUT2D eigenvalue weighted by Crippen LogP contribution is -2.58. The van der Waals surface area contributed by atoms with Gasteiger partial charge in [-0.25, -0.2) is 0 Å². The highest BCUT2D eigenvalue weighted by atomic mass is 16.4. The van der Waals surface area contributed by atoms with E-state index in [-0.39, 0.29) is 0 Å².